The van der Waals surface area contributed by atoms with Crippen molar-refractivity contribution in [1.29, 1.82) is 0 Å². The summed E-state index contributed by atoms with van der Waals surface area (Å²) in [6, 6.07) is 14.5. The van der Waals surface area contributed by atoms with Gasteiger partial charge in [-0.2, -0.15) is 13.2 Å². The van der Waals surface area contributed by atoms with Gasteiger partial charge in [-0.1, -0.05) is 30.3 Å². The monoisotopic (exact) mass is 346 g/mol. The molecule has 0 N–H and O–H groups in total. The Labute approximate surface area is 143 Å². The van der Waals surface area contributed by atoms with E-state index in [9.17, 15) is 18.0 Å². The molecule has 0 aliphatic heterocycles. The zero-order valence-electron chi connectivity index (χ0n) is 13.8. The van der Waals surface area contributed by atoms with Gasteiger partial charge in [0, 0.05) is 25.3 Å². The van der Waals surface area contributed by atoms with E-state index in [1.807, 2.05) is 41.9 Å². The predicted molar refractivity (Wildman–Crippen MR) is 90.2 cm³/mol. The Balaban J connectivity index is 1.90. The summed E-state index contributed by atoms with van der Waals surface area (Å²) in [6.45, 7) is 0.218. The lowest BCUT2D eigenvalue weighted by atomic mass is 10.1. The number of aromatic nitrogens is 1. The fourth-order valence-electron chi connectivity index (χ4n) is 2.94. The molecule has 1 aromatic heterocycles. The Kier molecular flexibility index (Phi) is 4.29. The number of nitrogens with zero attached hydrogens (tertiary/aromatic N) is 2. The van der Waals surface area contributed by atoms with Gasteiger partial charge < -0.3 is 9.47 Å². The molecule has 2 aromatic carbocycles. The van der Waals surface area contributed by atoms with E-state index >= 15 is 0 Å². The van der Waals surface area contributed by atoms with E-state index in [1.54, 1.807) is 0 Å². The Morgan fingerprint density at radius 2 is 1.72 bits per heavy atom. The Bertz CT molecular complexity index is 928. The number of rotatable bonds is 3. The third kappa shape index (κ3) is 3.24. The molecule has 0 fully saturated rings. The maximum atomic E-state index is 13.1. The second-order valence-corrected chi connectivity index (χ2v) is 5.96. The first-order valence-corrected chi connectivity index (χ1v) is 7.74. The van der Waals surface area contributed by atoms with Gasteiger partial charge in [-0.3, -0.25) is 4.79 Å². The first kappa shape index (κ1) is 17.1. The number of amides is 1. The first-order chi connectivity index (χ1) is 11.8. The molecular formula is C19H17F3N2O. The van der Waals surface area contributed by atoms with Crippen LogP contribution in [-0.2, 0) is 19.8 Å². The number of aryl methyl sites for hydroxylation is 1. The van der Waals surface area contributed by atoms with Crippen LogP contribution >= 0.6 is 0 Å². The molecule has 0 atom stereocenters. The number of para-hydroxylation sites is 1. The zero-order valence-corrected chi connectivity index (χ0v) is 13.8. The lowest BCUT2D eigenvalue weighted by Gasteiger charge is -2.20. The predicted octanol–water partition coefficient (Wildman–Crippen LogP) is 4.47. The molecule has 0 unspecified atom stereocenters. The van der Waals surface area contributed by atoms with Gasteiger partial charge in [0.25, 0.3) is 5.91 Å². The van der Waals surface area contributed by atoms with Crippen molar-refractivity contribution in [2.45, 2.75) is 12.7 Å². The van der Waals surface area contributed by atoms with Gasteiger partial charge in [0.2, 0.25) is 0 Å². The number of halogens is 3. The molecule has 0 aliphatic carbocycles. The molecule has 3 rings (SSSR count). The number of hydrogen-bond acceptors (Lipinski definition) is 1. The molecule has 0 spiro atoms. The summed E-state index contributed by atoms with van der Waals surface area (Å²) in [4.78, 5) is 13.9. The molecule has 0 saturated carbocycles. The van der Waals surface area contributed by atoms with Crippen LogP contribution < -0.4 is 0 Å². The van der Waals surface area contributed by atoms with Crippen LogP contribution in [0.1, 0.15) is 21.6 Å². The Hall–Kier alpha value is -2.76. The molecule has 3 nitrogen and oxygen atoms in total. The quantitative estimate of drug-likeness (QED) is 0.687. The minimum absolute atomic E-state index is 0.218. The van der Waals surface area contributed by atoms with Gasteiger partial charge in [-0.15, -0.1) is 0 Å². The first-order valence-electron chi connectivity index (χ1n) is 7.74. The van der Waals surface area contributed by atoms with Crippen LogP contribution in [0, 0.1) is 0 Å². The van der Waals surface area contributed by atoms with Crippen molar-refractivity contribution < 1.29 is 18.0 Å². The molecule has 0 aliphatic rings. The van der Waals surface area contributed by atoms with Crippen LogP contribution in [0.4, 0.5) is 13.2 Å². The van der Waals surface area contributed by atoms with Crippen LogP contribution in [0.15, 0.2) is 54.6 Å². The zero-order chi connectivity index (χ0) is 18.2. The van der Waals surface area contributed by atoms with Crippen LogP contribution in [0.5, 0.6) is 0 Å². The van der Waals surface area contributed by atoms with Gasteiger partial charge in [-0.25, -0.2) is 0 Å². The fourth-order valence-corrected chi connectivity index (χ4v) is 2.94. The molecule has 1 heterocycles. The average molecular weight is 346 g/mol. The van der Waals surface area contributed by atoms with E-state index in [0.29, 0.717) is 0 Å². The van der Waals surface area contributed by atoms with Gasteiger partial charge in [0.15, 0.2) is 0 Å². The summed E-state index contributed by atoms with van der Waals surface area (Å²) in [7, 11) is 3.38. The average Bonchev–Trinajstić information content (AvgIpc) is 2.89. The SMILES string of the molecule is CN(Cc1cc2ccccc2n1C)C(=O)c1ccccc1C(F)(F)F. The van der Waals surface area contributed by atoms with Crippen molar-refractivity contribution in [1.82, 2.24) is 9.47 Å². The third-order valence-electron chi connectivity index (χ3n) is 4.26. The molecule has 6 heteroatoms. The second kappa shape index (κ2) is 6.27. The number of carbonyl (C=O) groups is 1. The highest BCUT2D eigenvalue weighted by Gasteiger charge is 2.35. The molecular weight excluding hydrogens is 329 g/mol. The summed E-state index contributed by atoms with van der Waals surface area (Å²) < 4.78 is 41.3. The molecule has 0 bridgehead atoms. The highest BCUT2D eigenvalue weighted by atomic mass is 19.4. The summed E-state index contributed by atoms with van der Waals surface area (Å²) in [5, 5.41) is 1.02. The van der Waals surface area contributed by atoms with Gasteiger partial charge in [0.05, 0.1) is 17.7 Å². The van der Waals surface area contributed by atoms with Crippen molar-refractivity contribution in [3.05, 3.63) is 71.4 Å². The van der Waals surface area contributed by atoms with Crippen molar-refractivity contribution >= 4 is 16.8 Å². The normalized spacial score (nSPS) is 11.7. The third-order valence-corrected chi connectivity index (χ3v) is 4.26. The Morgan fingerprint density at radius 3 is 2.40 bits per heavy atom. The van der Waals surface area contributed by atoms with E-state index in [-0.39, 0.29) is 12.1 Å². The largest absolute Gasteiger partial charge is 0.417 e. The standard InChI is InChI=1S/C19H17F3N2O/c1-23(12-14-11-13-7-3-6-10-17(13)24(14)2)18(25)15-8-4-5-9-16(15)19(20,21)22/h3-11H,12H2,1-2H3. The second-order valence-electron chi connectivity index (χ2n) is 5.96. The summed E-state index contributed by atoms with van der Waals surface area (Å²) in [5.74, 6) is -0.654. The van der Waals surface area contributed by atoms with E-state index in [0.717, 1.165) is 22.7 Å². The van der Waals surface area contributed by atoms with Crippen LogP contribution in [-0.4, -0.2) is 22.4 Å². The van der Waals surface area contributed by atoms with Gasteiger partial charge in [-0.05, 0) is 29.7 Å². The summed E-state index contributed by atoms with van der Waals surface area (Å²) in [6.07, 6.45) is -4.56. The maximum absolute atomic E-state index is 13.1. The fraction of sp³-hybridized carbons (Fsp3) is 0.211. The number of benzene rings is 2. The van der Waals surface area contributed by atoms with Crippen LogP contribution in [0.2, 0.25) is 0 Å². The lowest BCUT2D eigenvalue weighted by Crippen LogP contribution is -2.29. The molecule has 0 radical (unpaired) electrons. The van der Waals surface area contributed by atoms with Crippen LogP contribution in [0.25, 0.3) is 10.9 Å². The minimum Gasteiger partial charge on any atom is -0.346 e. The number of hydrogen-bond donors (Lipinski definition) is 0. The molecule has 0 saturated heterocycles. The van der Waals surface area contributed by atoms with E-state index in [4.69, 9.17) is 0 Å². The maximum Gasteiger partial charge on any atom is 0.417 e. The Morgan fingerprint density at radius 1 is 1.08 bits per heavy atom. The number of alkyl halides is 3. The number of carbonyl (C=O) groups excluding carboxylic acids is 1. The van der Waals surface area contributed by atoms with E-state index < -0.39 is 17.6 Å². The van der Waals surface area contributed by atoms with E-state index in [2.05, 4.69) is 0 Å². The number of fused-ring (bicyclic) bond motifs is 1. The molecule has 1 amide bonds. The summed E-state index contributed by atoms with van der Waals surface area (Å²) >= 11 is 0. The highest BCUT2D eigenvalue weighted by molar-refractivity contribution is 5.95. The van der Waals surface area contributed by atoms with Crippen molar-refractivity contribution in [2.24, 2.45) is 7.05 Å². The van der Waals surface area contributed by atoms with E-state index in [1.165, 1.54) is 30.1 Å². The smallest absolute Gasteiger partial charge is 0.346 e. The van der Waals surface area contributed by atoms with Crippen molar-refractivity contribution in [2.75, 3.05) is 7.05 Å². The van der Waals surface area contributed by atoms with Crippen molar-refractivity contribution in [3.63, 3.8) is 0 Å². The van der Waals surface area contributed by atoms with Gasteiger partial charge in [0.1, 0.15) is 0 Å². The molecule has 3 aromatic rings. The molecule has 25 heavy (non-hydrogen) atoms. The minimum atomic E-state index is -4.56. The molecule has 130 valence electrons. The topological polar surface area (TPSA) is 25.2 Å². The summed E-state index contributed by atoms with van der Waals surface area (Å²) in [5.41, 5.74) is 0.607. The van der Waals surface area contributed by atoms with Gasteiger partial charge >= 0.3 is 6.18 Å². The lowest BCUT2D eigenvalue weighted by molar-refractivity contribution is -0.138. The highest BCUT2D eigenvalue weighted by Crippen LogP contribution is 2.32. The van der Waals surface area contributed by atoms with Crippen LogP contribution in [0.3, 0.4) is 0 Å². The van der Waals surface area contributed by atoms with Crippen molar-refractivity contribution in [3.8, 4) is 0 Å².